The van der Waals surface area contributed by atoms with E-state index in [0.717, 1.165) is 4.31 Å². The molecule has 9 heteroatoms. The van der Waals surface area contributed by atoms with Gasteiger partial charge in [-0.25, -0.2) is 13.4 Å². The molecule has 0 aliphatic rings. The molecule has 0 radical (unpaired) electrons. The van der Waals surface area contributed by atoms with Gasteiger partial charge in [-0.1, -0.05) is 11.6 Å². The Morgan fingerprint density at radius 1 is 1.50 bits per heavy atom. The van der Waals surface area contributed by atoms with E-state index < -0.39 is 10.0 Å². The van der Waals surface area contributed by atoms with Crippen molar-refractivity contribution in [2.24, 2.45) is 0 Å². The van der Waals surface area contributed by atoms with E-state index in [2.05, 4.69) is 20.2 Å². The van der Waals surface area contributed by atoms with E-state index in [1.807, 2.05) is 0 Å². The van der Waals surface area contributed by atoms with Crippen LogP contribution in [0.4, 0.5) is 0 Å². The van der Waals surface area contributed by atoms with E-state index in [9.17, 15) is 8.42 Å². The lowest BCUT2D eigenvalue weighted by Gasteiger charge is -2.16. The second kappa shape index (κ2) is 5.01. The third-order valence-electron chi connectivity index (χ3n) is 2.26. The lowest BCUT2D eigenvalue weighted by molar-refractivity contribution is 0.457. The monoisotopic (exact) mass is 287 g/mol. The van der Waals surface area contributed by atoms with Crippen LogP contribution < -0.4 is 0 Å². The molecule has 2 aromatic heterocycles. The molecular weight excluding hydrogens is 278 g/mol. The molecule has 0 fully saturated rings. The second-order valence-corrected chi connectivity index (χ2v) is 5.92. The molecule has 0 aliphatic carbocycles. The molecule has 0 spiro atoms. The maximum atomic E-state index is 12.2. The normalized spacial score (nSPS) is 11.9. The zero-order valence-electron chi connectivity index (χ0n) is 9.41. The Bertz CT molecular complexity index is 628. The number of nitrogens with zero attached hydrogens (tertiary/aromatic N) is 4. The number of sulfonamides is 1. The zero-order valence-corrected chi connectivity index (χ0v) is 11.0. The summed E-state index contributed by atoms with van der Waals surface area (Å²) in [6.07, 6.45) is 3.96. The van der Waals surface area contributed by atoms with Gasteiger partial charge in [-0.2, -0.15) is 9.40 Å². The summed E-state index contributed by atoms with van der Waals surface area (Å²) in [5.74, 6) is 0.445. The number of aromatic nitrogens is 4. The summed E-state index contributed by atoms with van der Waals surface area (Å²) in [5, 5.41) is 6.38. The Kier molecular flexibility index (Phi) is 3.60. The van der Waals surface area contributed by atoms with E-state index in [4.69, 9.17) is 11.6 Å². The molecule has 2 aromatic rings. The molecule has 96 valence electrons. The van der Waals surface area contributed by atoms with Crippen molar-refractivity contribution < 1.29 is 8.42 Å². The number of hydrogen-bond donors (Lipinski definition) is 1. The van der Waals surface area contributed by atoms with Gasteiger partial charge in [-0.15, -0.1) is 0 Å². The fourth-order valence-electron chi connectivity index (χ4n) is 1.32. The molecule has 7 nitrogen and oxygen atoms in total. The number of halogens is 1. The number of rotatable bonds is 4. The smallest absolute Gasteiger partial charge is 0.246 e. The van der Waals surface area contributed by atoms with Gasteiger partial charge in [0.2, 0.25) is 10.0 Å². The SMILES string of the molecule is CN(Cc1ncn[nH]1)S(=O)(=O)c1cnccc1Cl. The third-order valence-corrected chi connectivity index (χ3v) is 4.53. The lowest BCUT2D eigenvalue weighted by Crippen LogP contribution is -2.27. The van der Waals surface area contributed by atoms with Crippen molar-refractivity contribution >= 4 is 21.6 Å². The van der Waals surface area contributed by atoms with Crippen LogP contribution in [0.2, 0.25) is 5.02 Å². The molecular formula is C9H10ClN5O2S. The maximum Gasteiger partial charge on any atom is 0.246 e. The number of aromatic amines is 1. The fraction of sp³-hybridized carbons (Fsp3) is 0.222. The van der Waals surface area contributed by atoms with Crippen molar-refractivity contribution in [2.45, 2.75) is 11.4 Å². The van der Waals surface area contributed by atoms with Gasteiger partial charge < -0.3 is 0 Å². The molecule has 2 heterocycles. The van der Waals surface area contributed by atoms with Crippen molar-refractivity contribution in [2.75, 3.05) is 7.05 Å². The van der Waals surface area contributed by atoms with E-state index in [1.54, 1.807) is 0 Å². The van der Waals surface area contributed by atoms with Crippen LogP contribution in [0.25, 0.3) is 0 Å². The highest BCUT2D eigenvalue weighted by Gasteiger charge is 2.24. The largest absolute Gasteiger partial charge is 0.263 e. The molecule has 0 saturated carbocycles. The van der Waals surface area contributed by atoms with Crippen molar-refractivity contribution in [3.63, 3.8) is 0 Å². The van der Waals surface area contributed by atoms with Crippen LogP contribution in [-0.4, -0.2) is 39.9 Å². The summed E-state index contributed by atoms with van der Waals surface area (Å²) in [7, 11) is -2.26. The van der Waals surface area contributed by atoms with Gasteiger partial charge in [0.05, 0.1) is 11.6 Å². The number of pyridine rings is 1. The topological polar surface area (TPSA) is 91.8 Å². The Balaban J connectivity index is 2.29. The van der Waals surface area contributed by atoms with Gasteiger partial charge in [-0.3, -0.25) is 10.1 Å². The molecule has 0 aliphatic heterocycles. The highest BCUT2D eigenvalue weighted by atomic mass is 35.5. The molecule has 1 N–H and O–H groups in total. The van der Waals surface area contributed by atoms with Crippen molar-refractivity contribution in [1.82, 2.24) is 24.5 Å². The molecule has 0 unspecified atom stereocenters. The molecule has 0 amide bonds. The minimum Gasteiger partial charge on any atom is -0.263 e. The van der Waals surface area contributed by atoms with Gasteiger partial charge >= 0.3 is 0 Å². The summed E-state index contributed by atoms with van der Waals surface area (Å²) in [4.78, 5) is 7.60. The van der Waals surface area contributed by atoms with Crippen molar-refractivity contribution in [3.8, 4) is 0 Å². The summed E-state index contributed by atoms with van der Waals surface area (Å²) in [6, 6.07) is 1.43. The standard InChI is InChI=1S/C9H10ClN5O2S/c1-15(5-9-12-6-13-14-9)18(16,17)8-4-11-3-2-7(8)10/h2-4,6H,5H2,1H3,(H,12,13,14). The first-order valence-electron chi connectivity index (χ1n) is 4.92. The minimum absolute atomic E-state index is 0.0336. The molecule has 2 rings (SSSR count). The molecule has 0 saturated heterocycles. The highest BCUT2D eigenvalue weighted by molar-refractivity contribution is 7.89. The van der Waals surface area contributed by atoms with Crippen LogP contribution >= 0.6 is 11.6 Å². The summed E-state index contributed by atoms with van der Waals surface area (Å²) in [6.45, 7) is 0.0769. The second-order valence-electron chi connectivity index (χ2n) is 3.50. The van der Waals surface area contributed by atoms with Gasteiger partial charge in [0, 0.05) is 19.4 Å². The van der Waals surface area contributed by atoms with Crippen LogP contribution in [0, 0.1) is 0 Å². The summed E-state index contributed by atoms with van der Waals surface area (Å²) in [5.41, 5.74) is 0. The van der Waals surface area contributed by atoms with Gasteiger partial charge in [0.15, 0.2) is 0 Å². The Morgan fingerprint density at radius 3 is 2.89 bits per heavy atom. The zero-order chi connectivity index (χ0) is 13.2. The molecule has 18 heavy (non-hydrogen) atoms. The van der Waals surface area contributed by atoms with Crippen LogP contribution in [0.5, 0.6) is 0 Å². The van der Waals surface area contributed by atoms with Crippen LogP contribution in [0.1, 0.15) is 5.82 Å². The predicted molar refractivity (Wildman–Crippen MR) is 64.3 cm³/mol. The molecule has 0 aromatic carbocycles. The van der Waals surface area contributed by atoms with Gasteiger partial charge in [-0.05, 0) is 6.07 Å². The first-order chi connectivity index (χ1) is 8.51. The van der Waals surface area contributed by atoms with Gasteiger partial charge in [0.25, 0.3) is 0 Å². The minimum atomic E-state index is -3.69. The maximum absolute atomic E-state index is 12.2. The van der Waals surface area contributed by atoms with Crippen LogP contribution in [0.3, 0.4) is 0 Å². The fourth-order valence-corrected chi connectivity index (χ4v) is 2.86. The summed E-state index contributed by atoms with van der Waals surface area (Å²) >= 11 is 5.85. The Morgan fingerprint density at radius 2 is 2.28 bits per heavy atom. The van der Waals surface area contributed by atoms with E-state index in [0.29, 0.717) is 5.82 Å². The quantitative estimate of drug-likeness (QED) is 0.892. The van der Waals surface area contributed by atoms with Crippen molar-refractivity contribution in [1.29, 1.82) is 0 Å². The summed E-state index contributed by atoms with van der Waals surface area (Å²) < 4.78 is 25.6. The lowest BCUT2D eigenvalue weighted by atomic mass is 10.5. The Hall–Kier alpha value is -1.51. The van der Waals surface area contributed by atoms with Crippen molar-refractivity contribution in [3.05, 3.63) is 35.6 Å². The number of H-pyrrole nitrogens is 1. The van der Waals surface area contributed by atoms with Crippen LogP contribution in [-0.2, 0) is 16.6 Å². The van der Waals surface area contributed by atoms with E-state index in [1.165, 1.54) is 31.8 Å². The highest BCUT2D eigenvalue weighted by Crippen LogP contribution is 2.22. The third kappa shape index (κ3) is 2.50. The first kappa shape index (κ1) is 12.9. The van der Waals surface area contributed by atoms with Gasteiger partial charge in [0.1, 0.15) is 17.0 Å². The average molecular weight is 288 g/mol. The average Bonchev–Trinajstić information content (AvgIpc) is 2.82. The number of nitrogens with one attached hydrogen (secondary N) is 1. The van der Waals surface area contributed by atoms with E-state index >= 15 is 0 Å². The predicted octanol–water partition coefficient (Wildman–Crippen LogP) is 0.674. The van der Waals surface area contributed by atoms with E-state index in [-0.39, 0.29) is 16.5 Å². The Labute approximate surface area is 109 Å². The number of hydrogen-bond acceptors (Lipinski definition) is 5. The first-order valence-corrected chi connectivity index (χ1v) is 6.73. The molecule has 0 bridgehead atoms. The van der Waals surface area contributed by atoms with Crippen LogP contribution in [0.15, 0.2) is 29.7 Å². The molecule has 0 atom stereocenters.